The molecule has 1 atom stereocenters. The van der Waals surface area contributed by atoms with Gasteiger partial charge in [-0.3, -0.25) is 4.79 Å². The van der Waals surface area contributed by atoms with Gasteiger partial charge in [0.25, 0.3) is 5.91 Å². The maximum absolute atomic E-state index is 12.0. The Labute approximate surface area is 119 Å². The molecule has 0 aliphatic carbocycles. The summed E-state index contributed by atoms with van der Waals surface area (Å²) in [5.74, 6) is 0.280. The number of methoxy groups -OCH3 is 1. The molecule has 112 valence electrons. The van der Waals surface area contributed by atoms with Crippen LogP contribution in [0, 0.1) is 0 Å². The van der Waals surface area contributed by atoms with E-state index < -0.39 is 5.60 Å². The molecule has 20 heavy (non-hydrogen) atoms. The van der Waals surface area contributed by atoms with Crippen LogP contribution in [0.5, 0.6) is 5.75 Å². The summed E-state index contributed by atoms with van der Waals surface area (Å²) in [4.78, 5) is 13.9. The number of amides is 1. The van der Waals surface area contributed by atoms with Crippen LogP contribution in [0.15, 0.2) is 18.2 Å². The zero-order chi connectivity index (χ0) is 15.3. The Morgan fingerprint density at radius 1 is 1.50 bits per heavy atom. The first-order valence-electron chi connectivity index (χ1n) is 6.34. The van der Waals surface area contributed by atoms with Crippen molar-refractivity contribution in [2.24, 2.45) is 0 Å². The van der Waals surface area contributed by atoms with Crippen molar-refractivity contribution in [3.05, 3.63) is 23.8 Å². The van der Waals surface area contributed by atoms with Crippen LogP contribution < -0.4 is 15.8 Å². The third kappa shape index (κ3) is 4.71. The Bertz CT molecular complexity index is 473. The average Bonchev–Trinajstić information content (AvgIpc) is 2.34. The quantitative estimate of drug-likeness (QED) is 0.654. The van der Waals surface area contributed by atoms with E-state index in [2.05, 4.69) is 5.32 Å². The molecule has 0 saturated carbocycles. The van der Waals surface area contributed by atoms with Crippen LogP contribution in [0.4, 0.5) is 5.69 Å². The standard InChI is InChI=1S/C14H23N3O3/c1-14(19,9-17(2)3)8-16-13(18)11-6-5-10(20-4)7-12(11)15/h5-7,19H,8-9,15H2,1-4H3,(H,16,18). The number of carbonyl (C=O) groups excluding carboxylic acids is 1. The van der Waals surface area contributed by atoms with E-state index in [1.54, 1.807) is 25.1 Å². The number of hydrogen-bond acceptors (Lipinski definition) is 5. The second-order valence-corrected chi connectivity index (χ2v) is 5.37. The number of rotatable bonds is 6. The van der Waals surface area contributed by atoms with Gasteiger partial charge in [0.1, 0.15) is 5.75 Å². The largest absolute Gasteiger partial charge is 0.497 e. The lowest BCUT2D eigenvalue weighted by Gasteiger charge is -2.27. The number of ether oxygens (including phenoxy) is 1. The Morgan fingerprint density at radius 3 is 2.65 bits per heavy atom. The third-order valence-electron chi connectivity index (χ3n) is 2.79. The highest BCUT2D eigenvalue weighted by Crippen LogP contribution is 2.19. The van der Waals surface area contributed by atoms with Crippen molar-refractivity contribution >= 4 is 11.6 Å². The van der Waals surface area contributed by atoms with Gasteiger partial charge in [-0.1, -0.05) is 0 Å². The van der Waals surface area contributed by atoms with Gasteiger partial charge in [0, 0.05) is 24.8 Å². The van der Waals surface area contributed by atoms with Gasteiger partial charge in [0.05, 0.1) is 18.3 Å². The van der Waals surface area contributed by atoms with Gasteiger partial charge in [-0.15, -0.1) is 0 Å². The number of nitrogens with zero attached hydrogens (tertiary/aromatic N) is 1. The van der Waals surface area contributed by atoms with Crippen LogP contribution in [-0.4, -0.2) is 55.8 Å². The van der Waals surface area contributed by atoms with E-state index in [1.807, 2.05) is 19.0 Å². The van der Waals surface area contributed by atoms with Gasteiger partial charge in [-0.25, -0.2) is 0 Å². The molecule has 1 amide bonds. The first kappa shape index (κ1) is 16.3. The van der Waals surface area contributed by atoms with Crippen LogP contribution in [0.2, 0.25) is 0 Å². The van der Waals surface area contributed by atoms with E-state index >= 15 is 0 Å². The van der Waals surface area contributed by atoms with Crippen molar-refractivity contribution in [1.29, 1.82) is 0 Å². The highest BCUT2D eigenvalue weighted by molar-refractivity contribution is 5.99. The maximum atomic E-state index is 12.0. The number of nitrogen functional groups attached to an aromatic ring is 1. The lowest BCUT2D eigenvalue weighted by atomic mass is 10.1. The molecule has 0 spiro atoms. The third-order valence-corrected chi connectivity index (χ3v) is 2.79. The van der Waals surface area contributed by atoms with Gasteiger partial charge in [0.2, 0.25) is 0 Å². The van der Waals surface area contributed by atoms with Gasteiger partial charge >= 0.3 is 0 Å². The second-order valence-electron chi connectivity index (χ2n) is 5.37. The number of carbonyl (C=O) groups is 1. The van der Waals surface area contributed by atoms with E-state index in [4.69, 9.17) is 10.5 Å². The predicted octanol–water partition coefficient (Wildman–Crippen LogP) is 0.320. The van der Waals surface area contributed by atoms with Crippen LogP contribution in [0.1, 0.15) is 17.3 Å². The molecule has 0 fully saturated rings. The highest BCUT2D eigenvalue weighted by Gasteiger charge is 2.22. The fraction of sp³-hybridized carbons (Fsp3) is 0.500. The van der Waals surface area contributed by atoms with Crippen molar-refractivity contribution in [1.82, 2.24) is 10.2 Å². The second kappa shape index (κ2) is 6.58. The van der Waals surface area contributed by atoms with E-state index in [0.29, 0.717) is 23.5 Å². The zero-order valence-corrected chi connectivity index (χ0v) is 12.4. The maximum Gasteiger partial charge on any atom is 0.253 e. The van der Waals surface area contributed by atoms with Crippen molar-refractivity contribution < 1.29 is 14.6 Å². The molecule has 0 saturated heterocycles. The van der Waals surface area contributed by atoms with Gasteiger partial charge < -0.3 is 25.8 Å². The van der Waals surface area contributed by atoms with E-state index in [1.165, 1.54) is 7.11 Å². The molecule has 6 nitrogen and oxygen atoms in total. The average molecular weight is 281 g/mol. The molecule has 1 rings (SSSR count). The molecule has 0 aromatic heterocycles. The first-order valence-corrected chi connectivity index (χ1v) is 6.34. The number of likely N-dealkylation sites (N-methyl/N-ethyl adjacent to an activating group) is 1. The lowest BCUT2D eigenvalue weighted by molar-refractivity contribution is 0.0326. The predicted molar refractivity (Wildman–Crippen MR) is 78.9 cm³/mol. The number of nitrogens with two attached hydrogens (primary N) is 1. The Balaban J connectivity index is 2.68. The minimum Gasteiger partial charge on any atom is -0.497 e. The number of anilines is 1. The van der Waals surface area contributed by atoms with E-state index in [0.717, 1.165) is 0 Å². The summed E-state index contributed by atoms with van der Waals surface area (Å²) in [7, 11) is 5.25. The molecule has 0 bridgehead atoms. The fourth-order valence-corrected chi connectivity index (χ4v) is 1.98. The summed E-state index contributed by atoms with van der Waals surface area (Å²) in [6, 6.07) is 4.86. The molecule has 1 aromatic rings. The van der Waals surface area contributed by atoms with Crippen molar-refractivity contribution in [2.45, 2.75) is 12.5 Å². The molecule has 1 aromatic carbocycles. The molecule has 4 N–H and O–H groups in total. The van der Waals surface area contributed by atoms with Crippen LogP contribution in [0.3, 0.4) is 0 Å². The summed E-state index contributed by atoms with van der Waals surface area (Å²) in [5.41, 5.74) is 5.52. The topological polar surface area (TPSA) is 87.8 Å². The van der Waals surface area contributed by atoms with Gasteiger partial charge in [0.15, 0.2) is 0 Å². The van der Waals surface area contributed by atoms with Gasteiger partial charge in [-0.2, -0.15) is 0 Å². The van der Waals surface area contributed by atoms with Crippen molar-refractivity contribution in [2.75, 3.05) is 40.0 Å². The van der Waals surface area contributed by atoms with Gasteiger partial charge in [-0.05, 0) is 33.2 Å². The summed E-state index contributed by atoms with van der Waals surface area (Å²) >= 11 is 0. The van der Waals surface area contributed by atoms with E-state index in [-0.39, 0.29) is 12.5 Å². The SMILES string of the molecule is COc1ccc(C(=O)NCC(C)(O)CN(C)C)c(N)c1. The number of aliphatic hydroxyl groups is 1. The minimum atomic E-state index is -1.000. The molecule has 6 heteroatoms. The molecule has 1 unspecified atom stereocenters. The normalized spacial score (nSPS) is 13.9. The Hall–Kier alpha value is -1.79. The molecule has 0 heterocycles. The van der Waals surface area contributed by atoms with Crippen LogP contribution in [0.25, 0.3) is 0 Å². The zero-order valence-electron chi connectivity index (χ0n) is 12.4. The summed E-state index contributed by atoms with van der Waals surface area (Å²) in [6.07, 6.45) is 0. The molecular formula is C14H23N3O3. The fourth-order valence-electron chi connectivity index (χ4n) is 1.98. The van der Waals surface area contributed by atoms with Crippen LogP contribution in [-0.2, 0) is 0 Å². The van der Waals surface area contributed by atoms with E-state index in [9.17, 15) is 9.90 Å². The molecule has 0 aliphatic rings. The number of nitrogens with one attached hydrogen (secondary N) is 1. The number of hydrogen-bond donors (Lipinski definition) is 3. The van der Waals surface area contributed by atoms with Crippen LogP contribution >= 0.6 is 0 Å². The van der Waals surface area contributed by atoms with Crippen molar-refractivity contribution in [3.63, 3.8) is 0 Å². The summed E-state index contributed by atoms with van der Waals surface area (Å²) in [5, 5.41) is 12.8. The summed E-state index contributed by atoms with van der Waals surface area (Å²) < 4.78 is 5.03. The lowest BCUT2D eigenvalue weighted by Crippen LogP contribution is -2.47. The molecule has 0 aliphatic heterocycles. The monoisotopic (exact) mass is 281 g/mol. The first-order chi connectivity index (χ1) is 9.25. The summed E-state index contributed by atoms with van der Waals surface area (Å²) in [6.45, 7) is 2.27. The molecular weight excluding hydrogens is 258 g/mol. The number of benzene rings is 1. The molecule has 0 radical (unpaired) electrons. The minimum absolute atomic E-state index is 0.148. The van der Waals surface area contributed by atoms with Crippen molar-refractivity contribution in [3.8, 4) is 5.75 Å². The Morgan fingerprint density at radius 2 is 2.15 bits per heavy atom. The Kier molecular flexibility index (Phi) is 5.35. The smallest absolute Gasteiger partial charge is 0.253 e. The highest BCUT2D eigenvalue weighted by atomic mass is 16.5.